The number of rotatable bonds is 6. The second-order valence-electron chi connectivity index (χ2n) is 3.88. The van der Waals surface area contributed by atoms with Gasteiger partial charge in [0.15, 0.2) is 5.82 Å². The van der Waals surface area contributed by atoms with E-state index in [0.29, 0.717) is 24.2 Å². The van der Waals surface area contributed by atoms with Crippen molar-refractivity contribution in [2.45, 2.75) is 13.3 Å². The van der Waals surface area contributed by atoms with Crippen LogP contribution in [-0.2, 0) is 10.0 Å². The van der Waals surface area contributed by atoms with E-state index in [0.717, 1.165) is 6.26 Å². The Bertz CT molecular complexity index is 503. The van der Waals surface area contributed by atoms with Crippen LogP contribution < -0.4 is 15.8 Å². The fourth-order valence-electron chi connectivity index (χ4n) is 1.37. The molecule has 0 aromatic carbocycles. The van der Waals surface area contributed by atoms with Crippen LogP contribution in [-0.4, -0.2) is 43.9 Å². The topological polar surface area (TPSA) is 130 Å². The van der Waals surface area contributed by atoms with Crippen molar-refractivity contribution in [2.24, 2.45) is 0 Å². The molecule has 0 unspecified atom stereocenters. The molecule has 1 aromatic heterocycles. The van der Waals surface area contributed by atoms with Gasteiger partial charge in [-0.15, -0.1) is 0 Å². The number of amides is 1. The van der Waals surface area contributed by atoms with E-state index in [9.17, 15) is 13.2 Å². The van der Waals surface area contributed by atoms with Gasteiger partial charge in [0, 0.05) is 18.8 Å². The van der Waals surface area contributed by atoms with Gasteiger partial charge in [-0.1, -0.05) is 0 Å². The van der Waals surface area contributed by atoms with Crippen LogP contribution in [0.1, 0.15) is 22.5 Å². The minimum Gasteiger partial charge on any atom is -0.382 e. The molecular formula is C9H17N5O3S. The molecule has 0 aliphatic heterocycles. The number of aryl methyl sites for hydroxylation is 1. The Morgan fingerprint density at radius 3 is 2.61 bits per heavy atom. The van der Waals surface area contributed by atoms with Gasteiger partial charge < -0.3 is 11.1 Å². The smallest absolute Gasteiger partial charge is 0.256 e. The van der Waals surface area contributed by atoms with Crippen LogP contribution in [0.2, 0.25) is 0 Å². The normalized spacial score (nSPS) is 11.4. The van der Waals surface area contributed by atoms with Crippen molar-refractivity contribution in [3.05, 3.63) is 11.3 Å². The molecule has 0 saturated heterocycles. The molecule has 5 N–H and O–H groups in total. The average molecular weight is 275 g/mol. The van der Waals surface area contributed by atoms with Crippen molar-refractivity contribution in [1.29, 1.82) is 0 Å². The van der Waals surface area contributed by atoms with Crippen molar-refractivity contribution >= 4 is 21.7 Å². The number of hydrogen-bond acceptors (Lipinski definition) is 5. The van der Waals surface area contributed by atoms with Crippen LogP contribution in [0, 0.1) is 6.92 Å². The summed E-state index contributed by atoms with van der Waals surface area (Å²) in [6, 6.07) is 0. The molecular weight excluding hydrogens is 258 g/mol. The van der Waals surface area contributed by atoms with Crippen molar-refractivity contribution in [1.82, 2.24) is 20.2 Å². The number of aromatic amines is 1. The number of nitrogen functional groups attached to an aromatic ring is 1. The van der Waals surface area contributed by atoms with Crippen LogP contribution in [0.15, 0.2) is 0 Å². The summed E-state index contributed by atoms with van der Waals surface area (Å²) in [7, 11) is -3.18. The minimum absolute atomic E-state index is 0.152. The molecule has 9 heteroatoms. The number of nitrogens with zero attached hydrogens (tertiary/aromatic N) is 1. The fourth-order valence-corrected chi connectivity index (χ4v) is 1.89. The van der Waals surface area contributed by atoms with Gasteiger partial charge in [-0.3, -0.25) is 9.89 Å². The SMILES string of the molecule is Cc1[nH]nc(N)c1C(=O)NCCCNS(C)(=O)=O. The molecule has 0 fully saturated rings. The van der Waals surface area contributed by atoms with Crippen LogP contribution in [0.25, 0.3) is 0 Å². The highest BCUT2D eigenvalue weighted by molar-refractivity contribution is 7.88. The molecule has 0 spiro atoms. The maximum absolute atomic E-state index is 11.7. The molecule has 0 aliphatic rings. The molecule has 102 valence electrons. The Kier molecular flexibility index (Phi) is 4.68. The quantitative estimate of drug-likeness (QED) is 0.493. The first-order valence-corrected chi connectivity index (χ1v) is 7.23. The number of H-pyrrole nitrogens is 1. The fraction of sp³-hybridized carbons (Fsp3) is 0.556. The zero-order chi connectivity index (χ0) is 13.8. The summed E-state index contributed by atoms with van der Waals surface area (Å²) in [6.07, 6.45) is 1.58. The summed E-state index contributed by atoms with van der Waals surface area (Å²) >= 11 is 0. The van der Waals surface area contributed by atoms with E-state index in [-0.39, 0.29) is 18.3 Å². The maximum Gasteiger partial charge on any atom is 0.256 e. The van der Waals surface area contributed by atoms with Gasteiger partial charge in [0.2, 0.25) is 10.0 Å². The largest absolute Gasteiger partial charge is 0.382 e. The summed E-state index contributed by atoms with van der Waals surface area (Å²) in [6.45, 7) is 2.33. The summed E-state index contributed by atoms with van der Waals surface area (Å²) in [4.78, 5) is 11.7. The molecule has 0 atom stereocenters. The second-order valence-corrected chi connectivity index (χ2v) is 5.72. The van der Waals surface area contributed by atoms with E-state index in [1.165, 1.54) is 0 Å². The summed E-state index contributed by atoms with van der Waals surface area (Å²) in [5.41, 5.74) is 6.46. The number of hydrogen-bond donors (Lipinski definition) is 4. The molecule has 1 aromatic rings. The number of sulfonamides is 1. The molecule has 1 amide bonds. The van der Waals surface area contributed by atoms with Gasteiger partial charge in [-0.05, 0) is 13.3 Å². The predicted octanol–water partition coefficient (Wildman–Crippen LogP) is -1.03. The van der Waals surface area contributed by atoms with Crippen LogP contribution >= 0.6 is 0 Å². The van der Waals surface area contributed by atoms with Gasteiger partial charge >= 0.3 is 0 Å². The summed E-state index contributed by atoms with van der Waals surface area (Å²) in [5.74, 6) is -0.169. The van der Waals surface area contributed by atoms with Gasteiger partial charge in [0.1, 0.15) is 5.56 Å². The second kappa shape index (κ2) is 5.83. The van der Waals surface area contributed by atoms with Gasteiger partial charge in [0.25, 0.3) is 5.91 Å². The Hall–Kier alpha value is -1.61. The van der Waals surface area contributed by atoms with Gasteiger partial charge in [0.05, 0.1) is 6.26 Å². The molecule has 8 nitrogen and oxygen atoms in total. The molecule has 0 bridgehead atoms. The lowest BCUT2D eigenvalue weighted by Crippen LogP contribution is -2.29. The van der Waals surface area contributed by atoms with Crippen molar-refractivity contribution < 1.29 is 13.2 Å². The highest BCUT2D eigenvalue weighted by Crippen LogP contribution is 2.11. The molecule has 0 aliphatic carbocycles. The first-order chi connectivity index (χ1) is 8.31. The number of nitrogens with one attached hydrogen (secondary N) is 3. The van der Waals surface area contributed by atoms with Crippen molar-refractivity contribution in [3.8, 4) is 0 Å². The maximum atomic E-state index is 11.7. The van der Waals surface area contributed by atoms with E-state index in [2.05, 4.69) is 20.2 Å². The lowest BCUT2D eigenvalue weighted by molar-refractivity contribution is 0.0954. The lowest BCUT2D eigenvalue weighted by atomic mass is 10.2. The molecule has 18 heavy (non-hydrogen) atoms. The van der Waals surface area contributed by atoms with E-state index >= 15 is 0 Å². The van der Waals surface area contributed by atoms with Crippen LogP contribution in [0.3, 0.4) is 0 Å². The monoisotopic (exact) mass is 275 g/mol. The first-order valence-electron chi connectivity index (χ1n) is 5.34. The standard InChI is InChI=1S/C9H17N5O3S/c1-6-7(8(10)14-13-6)9(15)11-4-3-5-12-18(2,16)17/h12H,3-5H2,1-2H3,(H,11,15)(H3,10,13,14). The minimum atomic E-state index is -3.18. The molecule has 0 radical (unpaired) electrons. The van der Waals surface area contributed by atoms with Crippen molar-refractivity contribution in [2.75, 3.05) is 25.1 Å². The summed E-state index contributed by atoms with van der Waals surface area (Å²) < 4.78 is 23.9. The van der Waals surface area contributed by atoms with Crippen molar-refractivity contribution in [3.63, 3.8) is 0 Å². The molecule has 0 saturated carbocycles. The third-order valence-corrected chi connectivity index (χ3v) is 2.93. The van der Waals surface area contributed by atoms with E-state index < -0.39 is 10.0 Å². The molecule has 1 rings (SSSR count). The van der Waals surface area contributed by atoms with Gasteiger partial charge in [-0.2, -0.15) is 5.10 Å². The summed E-state index contributed by atoms with van der Waals surface area (Å²) in [5, 5.41) is 8.97. The zero-order valence-corrected chi connectivity index (χ0v) is 11.1. The Balaban J connectivity index is 2.35. The third kappa shape index (κ3) is 4.34. The first kappa shape index (κ1) is 14.5. The zero-order valence-electron chi connectivity index (χ0n) is 10.3. The number of carbonyl (C=O) groups is 1. The van der Waals surface area contributed by atoms with E-state index in [1.807, 2.05) is 0 Å². The van der Waals surface area contributed by atoms with Crippen LogP contribution in [0.5, 0.6) is 0 Å². The predicted molar refractivity (Wildman–Crippen MR) is 67.5 cm³/mol. The number of anilines is 1. The van der Waals surface area contributed by atoms with Crippen LogP contribution in [0.4, 0.5) is 5.82 Å². The highest BCUT2D eigenvalue weighted by atomic mass is 32.2. The average Bonchev–Trinajstić information content (AvgIpc) is 2.56. The lowest BCUT2D eigenvalue weighted by Gasteiger charge is -2.05. The van der Waals surface area contributed by atoms with E-state index in [1.54, 1.807) is 6.92 Å². The number of carbonyl (C=O) groups excluding carboxylic acids is 1. The Morgan fingerprint density at radius 2 is 2.11 bits per heavy atom. The highest BCUT2D eigenvalue weighted by Gasteiger charge is 2.15. The Labute approximate surface area is 105 Å². The third-order valence-electron chi connectivity index (χ3n) is 2.21. The number of nitrogens with two attached hydrogens (primary N) is 1. The van der Waals surface area contributed by atoms with Gasteiger partial charge in [-0.25, -0.2) is 13.1 Å². The molecule has 1 heterocycles. The van der Waals surface area contributed by atoms with E-state index in [4.69, 9.17) is 5.73 Å². The number of aromatic nitrogens is 2. The Morgan fingerprint density at radius 1 is 1.44 bits per heavy atom.